The standard InChI is InChI=1S/C18H22N2O2S/c1-11-7-6-8-12(2)17(11)20-18(23)19-14-10-16(22-5)15(21-4)9-13(14)3/h6-10H,1-5H3,(H2,19,20,23). The van der Waals surface area contributed by atoms with Crippen molar-refractivity contribution in [3.63, 3.8) is 0 Å². The molecule has 0 bridgehead atoms. The minimum atomic E-state index is 0.540. The van der Waals surface area contributed by atoms with Gasteiger partial charge in [0, 0.05) is 17.4 Å². The fraction of sp³-hybridized carbons (Fsp3) is 0.278. The maximum atomic E-state index is 5.44. The Labute approximate surface area is 142 Å². The lowest BCUT2D eigenvalue weighted by molar-refractivity contribution is 0.355. The quantitative estimate of drug-likeness (QED) is 0.811. The summed E-state index contributed by atoms with van der Waals surface area (Å²) < 4.78 is 10.6. The summed E-state index contributed by atoms with van der Waals surface area (Å²) in [4.78, 5) is 0. The van der Waals surface area contributed by atoms with E-state index in [0.717, 1.165) is 28.1 Å². The lowest BCUT2D eigenvalue weighted by atomic mass is 10.1. The molecule has 0 unspecified atom stereocenters. The highest BCUT2D eigenvalue weighted by Crippen LogP contribution is 2.33. The monoisotopic (exact) mass is 330 g/mol. The molecule has 0 radical (unpaired) electrons. The molecule has 4 nitrogen and oxygen atoms in total. The Kier molecular flexibility index (Phi) is 5.45. The highest BCUT2D eigenvalue weighted by molar-refractivity contribution is 7.80. The van der Waals surface area contributed by atoms with Crippen LogP contribution in [0.4, 0.5) is 11.4 Å². The Balaban J connectivity index is 2.20. The molecule has 0 aliphatic carbocycles. The zero-order valence-electron chi connectivity index (χ0n) is 14.1. The Morgan fingerprint density at radius 2 is 1.43 bits per heavy atom. The number of nitrogens with one attached hydrogen (secondary N) is 2. The van der Waals surface area contributed by atoms with E-state index in [0.29, 0.717) is 16.6 Å². The average molecular weight is 330 g/mol. The van der Waals surface area contributed by atoms with Gasteiger partial charge in [0.25, 0.3) is 0 Å². The molecule has 0 aliphatic heterocycles. The van der Waals surface area contributed by atoms with Gasteiger partial charge in [0.1, 0.15) is 0 Å². The zero-order valence-corrected chi connectivity index (χ0v) is 14.9. The third-order valence-electron chi connectivity index (χ3n) is 3.70. The maximum absolute atomic E-state index is 5.44. The van der Waals surface area contributed by atoms with Gasteiger partial charge in [-0.2, -0.15) is 0 Å². The molecule has 0 atom stereocenters. The molecule has 2 rings (SSSR count). The van der Waals surface area contributed by atoms with Gasteiger partial charge in [0.2, 0.25) is 0 Å². The molecule has 0 aromatic heterocycles. The van der Waals surface area contributed by atoms with E-state index in [1.165, 1.54) is 0 Å². The Morgan fingerprint density at radius 3 is 2.00 bits per heavy atom. The first-order chi connectivity index (χ1) is 11.0. The predicted molar refractivity (Wildman–Crippen MR) is 100 cm³/mol. The van der Waals surface area contributed by atoms with Crippen molar-refractivity contribution in [3.8, 4) is 11.5 Å². The van der Waals surface area contributed by atoms with Crippen LogP contribution in [0.15, 0.2) is 30.3 Å². The molecule has 2 aromatic carbocycles. The first kappa shape index (κ1) is 17.1. The molecule has 0 saturated carbocycles. The van der Waals surface area contributed by atoms with Crippen LogP contribution in [-0.4, -0.2) is 19.3 Å². The van der Waals surface area contributed by atoms with Crippen LogP contribution < -0.4 is 20.1 Å². The number of thiocarbonyl (C=S) groups is 1. The molecule has 0 spiro atoms. The fourth-order valence-electron chi connectivity index (χ4n) is 2.39. The molecule has 0 fully saturated rings. The minimum Gasteiger partial charge on any atom is -0.493 e. The summed E-state index contributed by atoms with van der Waals surface area (Å²) in [5, 5.41) is 7.03. The van der Waals surface area contributed by atoms with Crippen LogP contribution in [0, 0.1) is 20.8 Å². The van der Waals surface area contributed by atoms with Crippen LogP contribution in [0.25, 0.3) is 0 Å². The van der Waals surface area contributed by atoms with Crippen LogP contribution >= 0.6 is 12.2 Å². The van der Waals surface area contributed by atoms with E-state index in [4.69, 9.17) is 21.7 Å². The summed E-state index contributed by atoms with van der Waals surface area (Å²) in [6.07, 6.45) is 0. The van der Waals surface area contributed by atoms with Gasteiger partial charge >= 0.3 is 0 Å². The van der Waals surface area contributed by atoms with Gasteiger partial charge < -0.3 is 20.1 Å². The molecule has 0 saturated heterocycles. The third kappa shape index (κ3) is 3.93. The Morgan fingerprint density at radius 1 is 0.870 bits per heavy atom. The van der Waals surface area contributed by atoms with Gasteiger partial charge in [-0.25, -0.2) is 0 Å². The van der Waals surface area contributed by atoms with E-state index in [1.807, 2.05) is 25.1 Å². The number of hydrogen-bond donors (Lipinski definition) is 2. The largest absolute Gasteiger partial charge is 0.493 e. The van der Waals surface area contributed by atoms with Crippen molar-refractivity contribution in [2.45, 2.75) is 20.8 Å². The first-order valence-electron chi connectivity index (χ1n) is 7.33. The SMILES string of the molecule is COc1cc(C)c(NC(=S)Nc2c(C)cccc2C)cc1OC. The molecular weight excluding hydrogens is 308 g/mol. The maximum Gasteiger partial charge on any atom is 0.175 e. The summed E-state index contributed by atoms with van der Waals surface area (Å²) in [5.74, 6) is 1.36. The number of ether oxygens (including phenoxy) is 2. The first-order valence-corrected chi connectivity index (χ1v) is 7.74. The van der Waals surface area contributed by atoms with Crippen molar-refractivity contribution in [1.29, 1.82) is 0 Å². The smallest absolute Gasteiger partial charge is 0.175 e. The molecule has 0 aliphatic rings. The summed E-state index contributed by atoms with van der Waals surface area (Å²) in [5.41, 5.74) is 5.24. The van der Waals surface area contributed by atoms with E-state index < -0.39 is 0 Å². The minimum absolute atomic E-state index is 0.540. The molecule has 2 aromatic rings. The second-order valence-electron chi connectivity index (χ2n) is 5.37. The van der Waals surface area contributed by atoms with E-state index in [2.05, 4.69) is 36.6 Å². The topological polar surface area (TPSA) is 42.5 Å². The number of anilines is 2. The van der Waals surface area contributed by atoms with Crippen LogP contribution in [0.3, 0.4) is 0 Å². The van der Waals surface area contributed by atoms with Crippen LogP contribution in [-0.2, 0) is 0 Å². The number of para-hydroxylation sites is 1. The molecule has 0 heterocycles. The molecular formula is C18H22N2O2S. The second-order valence-corrected chi connectivity index (χ2v) is 5.78. The van der Waals surface area contributed by atoms with Crippen molar-refractivity contribution in [2.75, 3.05) is 24.9 Å². The summed E-state index contributed by atoms with van der Waals surface area (Å²) in [6.45, 7) is 6.10. The molecule has 0 amide bonds. The highest BCUT2D eigenvalue weighted by Gasteiger charge is 2.10. The number of hydrogen-bond acceptors (Lipinski definition) is 3. The predicted octanol–water partition coefficient (Wildman–Crippen LogP) is 4.44. The zero-order chi connectivity index (χ0) is 17.0. The lowest BCUT2D eigenvalue weighted by Crippen LogP contribution is -2.20. The Bertz CT molecular complexity index is 709. The van der Waals surface area contributed by atoms with Gasteiger partial charge in [-0.3, -0.25) is 0 Å². The van der Waals surface area contributed by atoms with E-state index in [9.17, 15) is 0 Å². The van der Waals surface area contributed by atoms with Gasteiger partial charge in [-0.05, 0) is 55.7 Å². The number of aryl methyl sites for hydroxylation is 3. The molecule has 23 heavy (non-hydrogen) atoms. The third-order valence-corrected chi connectivity index (χ3v) is 3.90. The number of rotatable bonds is 4. The number of benzene rings is 2. The number of methoxy groups -OCH3 is 2. The van der Waals surface area contributed by atoms with Gasteiger partial charge in [-0.15, -0.1) is 0 Å². The molecule has 122 valence electrons. The summed E-state index contributed by atoms with van der Waals surface area (Å²) in [7, 11) is 3.24. The van der Waals surface area contributed by atoms with Crippen molar-refractivity contribution < 1.29 is 9.47 Å². The average Bonchev–Trinajstić information content (AvgIpc) is 2.52. The van der Waals surface area contributed by atoms with Gasteiger partial charge in [0.05, 0.1) is 14.2 Å². The van der Waals surface area contributed by atoms with Crippen LogP contribution in [0.1, 0.15) is 16.7 Å². The Hall–Kier alpha value is -2.27. The van der Waals surface area contributed by atoms with Crippen molar-refractivity contribution >= 4 is 28.7 Å². The second kappa shape index (κ2) is 7.33. The van der Waals surface area contributed by atoms with Gasteiger partial charge in [0.15, 0.2) is 16.6 Å². The van der Waals surface area contributed by atoms with E-state index >= 15 is 0 Å². The normalized spacial score (nSPS) is 10.1. The van der Waals surface area contributed by atoms with E-state index in [-0.39, 0.29) is 0 Å². The van der Waals surface area contributed by atoms with Crippen molar-refractivity contribution in [3.05, 3.63) is 47.0 Å². The van der Waals surface area contributed by atoms with Crippen LogP contribution in [0.2, 0.25) is 0 Å². The summed E-state index contributed by atoms with van der Waals surface area (Å²) in [6, 6.07) is 9.94. The van der Waals surface area contributed by atoms with Crippen LogP contribution in [0.5, 0.6) is 11.5 Å². The van der Waals surface area contributed by atoms with Crippen molar-refractivity contribution in [2.24, 2.45) is 0 Å². The lowest BCUT2D eigenvalue weighted by Gasteiger charge is -2.17. The molecule has 5 heteroatoms. The summed E-state index contributed by atoms with van der Waals surface area (Å²) >= 11 is 5.44. The van der Waals surface area contributed by atoms with Crippen molar-refractivity contribution in [1.82, 2.24) is 0 Å². The van der Waals surface area contributed by atoms with E-state index in [1.54, 1.807) is 14.2 Å². The highest BCUT2D eigenvalue weighted by atomic mass is 32.1. The molecule has 2 N–H and O–H groups in total. The fourth-order valence-corrected chi connectivity index (χ4v) is 2.61. The van der Waals surface area contributed by atoms with Gasteiger partial charge in [-0.1, -0.05) is 18.2 Å².